The molecule has 1 radical (unpaired) electrons. The Labute approximate surface area is 601 Å². The van der Waals surface area contributed by atoms with E-state index in [0.717, 1.165) is 37.1 Å². The van der Waals surface area contributed by atoms with Crippen LogP contribution in [0.1, 0.15) is 118 Å². The third-order valence-electron chi connectivity index (χ3n) is 12.6. The molecule has 6 aromatic heterocycles. The smallest absolute Gasteiger partial charge is 0.416 e. The van der Waals surface area contributed by atoms with Crippen molar-refractivity contribution in [2.45, 2.75) is 78.9 Å². The number of hydrogen-bond acceptors (Lipinski definition) is 20. The van der Waals surface area contributed by atoms with Gasteiger partial charge in [-0.2, -0.15) is 36.5 Å². The van der Waals surface area contributed by atoms with Crippen molar-refractivity contribution in [1.82, 2.24) is 59.9 Å². The molecule has 29 nitrogen and oxygen atoms in total. The fourth-order valence-electron chi connectivity index (χ4n) is 8.21. The molecule has 0 fully saturated rings. The van der Waals surface area contributed by atoms with Gasteiger partial charge in [0.15, 0.2) is 22.8 Å². The predicted molar refractivity (Wildman–Crippen MR) is 354 cm³/mol. The number of alkyl halides is 6. The number of halogens is 6. The fourth-order valence-corrected chi connectivity index (χ4v) is 8.21. The second-order valence-electron chi connectivity index (χ2n) is 23.5. The van der Waals surface area contributed by atoms with Crippen LogP contribution >= 0.6 is 0 Å². The van der Waals surface area contributed by atoms with Gasteiger partial charge in [0.05, 0.1) is 40.7 Å². The number of carboxylic acids is 1. The Morgan fingerprint density at radius 2 is 0.941 bits per heavy atom. The molecule has 0 bridgehead atoms. The fraction of sp³-hybridized carbons (Fsp3) is 0.338. The number of aromatic carboxylic acids is 1. The summed E-state index contributed by atoms with van der Waals surface area (Å²) < 4.78 is 104. The first kappa shape index (κ1) is 83.2. The monoisotopic (exact) mass is 1490 g/mol. The second kappa shape index (κ2) is 36.2. The summed E-state index contributed by atoms with van der Waals surface area (Å²) in [6.07, 6.45) is -4.32. The van der Waals surface area contributed by atoms with Crippen molar-refractivity contribution in [1.29, 1.82) is 0 Å². The molecule has 0 saturated carbocycles. The van der Waals surface area contributed by atoms with E-state index in [4.69, 9.17) is 18.3 Å². The molecule has 8 aromatic rings. The number of nitrogens with zero attached hydrogens (tertiary/aromatic N) is 12. The first-order valence-electron chi connectivity index (χ1n) is 30.0. The number of carboxylic acid groups (broad SMARTS) is 1. The number of anilines is 4. The number of likely N-dealkylation sites (N-methyl/N-ethyl adjacent to an activating group) is 2. The molecule has 0 saturated heterocycles. The van der Waals surface area contributed by atoms with Crippen LogP contribution in [0.15, 0.2) is 119 Å². The van der Waals surface area contributed by atoms with Crippen LogP contribution in [0.25, 0.3) is 34.3 Å². The van der Waals surface area contributed by atoms with E-state index in [0.29, 0.717) is 52.7 Å². The average Bonchev–Trinajstić information content (AvgIpc) is 1.75. The maximum Gasteiger partial charge on any atom is 0.416 e. The Hall–Kier alpha value is -10.3. The predicted octanol–water partition coefficient (Wildman–Crippen LogP) is 10.5. The van der Waals surface area contributed by atoms with Crippen LogP contribution in [0.4, 0.5) is 58.9 Å². The maximum atomic E-state index is 13.4. The zero-order chi connectivity index (χ0) is 73.3. The molecule has 5 N–H and O–H groups in total. The van der Waals surface area contributed by atoms with Gasteiger partial charge >= 0.3 is 30.5 Å². The van der Waals surface area contributed by atoms with Gasteiger partial charge in [0, 0.05) is 88.0 Å². The van der Waals surface area contributed by atoms with Crippen LogP contribution in [0.5, 0.6) is 0 Å². The van der Waals surface area contributed by atoms with E-state index in [1.165, 1.54) is 99.7 Å². The number of aromatic nitrogens is 8. The first-order valence-corrected chi connectivity index (χ1v) is 30.0. The van der Waals surface area contributed by atoms with Crippen LogP contribution in [-0.2, 0) is 42.2 Å². The molecule has 0 aliphatic rings. The van der Waals surface area contributed by atoms with E-state index < -0.39 is 84.2 Å². The van der Waals surface area contributed by atoms with Crippen molar-refractivity contribution in [3.63, 3.8) is 0 Å². The minimum Gasteiger partial charge on any atom is -0.478 e. The number of oxazole rings is 2. The van der Waals surface area contributed by atoms with Gasteiger partial charge in [-0.3, -0.25) is 33.8 Å². The number of amides is 6. The van der Waals surface area contributed by atoms with Gasteiger partial charge in [0.25, 0.3) is 23.6 Å². The summed E-state index contributed by atoms with van der Waals surface area (Å²) in [4.78, 5) is 121. The van der Waals surface area contributed by atoms with Crippen LogP contribution in [0.3, 0.4) is 0 Å². The van der Waals surface area contributed by atoms with Gasteiger partial charge in [0.1, 0.15) is 54.7 Å². The van der Waals surface area contributed by atoms with Crippen molar-refractivity contribution >= 4 is 71.1 Å². The first-order chi connectivity index (χ1) is 46.4. The number of aldehydes is 1. The second-order valence-corrected chi connectivity index (χ2v) is 23.5. The molecule has 539 valence electrons. The van der Waals surface area contributed by atoms with Crippen molar-refractivity contribution in [3.8, 4) is 34.3 Å². The summed E-state index contributed by atoms with van der Waals surface area (Å²) in [5.74, 6) is -5.02. The Morgan fingerprint density at radius 1 is 0.574 bits per heavy atom. The summed E-state index contributed by atoms with van der Waals surface area (Å²) in [7, 11) is 7.33. The Bertz CT molecular complexity index is 4140. The molecular formula is C65H75F6N16O13Y-. The van der Waals surface area contributed by atoms with E-state index in [1.807, 2.05) is 51.8 Å². The zero-order valence-electron chi connectivity index (χ0n) is 57.3. The molecule has 0 aliphatic heterocycles. The number of pyridine rings is 2. The number of carbonyl (C=O) groups excluding carboxylic acids is 7. The van der Waals surface area contributed by atoms with Gasteiger partial charge in [0.2, 0.25) is 11.8 Å². The van der Waals surface area contributed by atoms with Crippen LogP contribution in [-0.4, -0.2) is 193 Å². The minimum absolute atomic E-state index is 0. The number of rotatable bonds is 22. The van der Waals surface area contributed by atoms with Crippen molar-refractivity contribution in [2.75, 3.05) is 87.9 Å². The van der Waals surface area contributed by atoms with Gasteiger partial charge in [-0.15, -0.1) is 0 Å². The number of carbonyl (C=O) groups is 8. The summed E-state index contributed by atoms with van der Waals surface area (Å²) >= 11 is 0. The largest absolute Gasteiger partial charge is 0.478 e. The van der Waals surface area contributed by atoms with Gasteiger partial charge < -0.3 is 61.9 Å². The van der Waals surface area contributed by atoms with E-state index in [1.54, 1.807) is 24.3 Å². The number of hydrogen-bond donors (Lipinski definition) is 5. The van der Waals surface area contributed by atoms with Gasteiger partial charge in [-0.05, 0) is 143 Å². The van der Waals surface area contributed by atoms with E-state index in [2.05, 4.69) is 51.4 Å². The van der Waals surface area contributed by atoms with Gasteiger partial charge in [-0.1, -0.05) is 13.8 Å². The number of benzene rings is 2. The molecule has 101 heavy (non-hydrogen) atoms. The van der Waals surface area contributed by atoms with E-state index >= 15 is 0 Å². The molecular weight excluding hydrogens is 1420 g/mol. The van der Waals surface area contributed by atoms with Crippen LogP contribution in [0, 0.1) is 7.43 Å². The molecule has 36 heteroatoms. The molecule has 0 spiro atoms. The van der Waals surface area contributed by atoms with Gasteiger partial charge in [-0.25, -0.2) is 43.7 Å². The van der Waals surface area contributed by atoms with Crippen molar-refractivity contribution in [2.24, 2.45) is 0 Å². The SMILES string of the molecule is CC.CN(C)CCNC(=O)c1nn(-c2ccc(C(=O)O)cc2)cc1NC(=O)c1coc(-c2ccnc(N(CC(F)(F)F)C(=O)OC(C)(C)C)c2)n1.CN(C)CCNC(=O)c1nn(-c2ccc(C=O)cc2)cc1NC(=O)c1coc(-c2ccnc(N(CC(F)(F)F)C(=O)OC(C)(C)C)c2)n1.[CH3-].[Y]. The summed E-state index contributed by atoms with van der Waals surface area (Å²) in [5.41, 5.74) is -1.29. The standard InChI is InChI=1S/C31H33F3N8O7.C31H33F3N8O6.C2H6.CH3.Y/c1-30(2,3)49-29(47)41(17-31(32,33)34)23-14-19(10-11-35-23)27-38-22(16-48-27)25(43)37-21-15-42(20-8-6-18(7-9-20)28(45)46)39-24(21)26(44)36-12-13-40(4)5;1-30(2,3)48-29(46)41(18-31(32,33)34)24-14-20(10-11-35-24)28-38-23(17-47-28)26(44)37-22-15-42(21-8-6-19(16-43)7-9-21)39-25(22)27(45)36-12-13-40(4)5;1-2;;/h6-11,14-16H,12-13,17H2,1-5H3,(H,36,44)(H,37,43)(H,45,46);6-11,14-17H,12-13,18H2,1-5H3,(H,36,45)(H,37,44);1-2H3;1H3;/q;;;-1;. The van der Waals surface area contributed by atoms with Crippen molar-refractivity contribution < 1.29 is 121 Å². The normalized spacial score (nSPS) is 11.3. The Kier molecular flexibility index (Phi) is 29.8. The third-order valence-corrected chi connectivity index (χ3v) is 12.6. The molecule has 0 unspecified atom stereocenters. The summed E-state index contributed by atoms with van der Waals surface area (Å²) in [6.45, 7) is 11.3. The Balaban J connectivity index is 0.000000410. The molecule has 8 rings (SSSR count). The van der Waals surface area contributed by atoms with Crippen molar-refractivity contribution in [3.05, 3.63) is 151 Å². The molecule has 2 aromatic carbocycles. The zero-order valence-corrected chi connectivity index (χ0v) is 60.1. The third kappa shape index (κ3) is 25.2. The number of ether oxygens (including phenoxy) is 2. The topological polar surface area (TPSA) is 350 Å². The quantitative estimate of drug-likeness (QED) is 0.0239. The molecule has 6 amide bonds. The summed E-state index contributed by atoms with van der Waals surface area (Å²) in [5, 5.41) is 28.5. The average molecular weight is 1490 g/mol. The van der Waals surface area contributed by atoms with E-state index in [9.17, 15) is 69.8 Å². The molecule has 0 aliphatic carbocycles. The summed E-state index contributed by atoms with van der Waals surface area (Å²) in [6, 6.07) is 17.0. The number of nitrogens with one attached hydrogen (secondary N) is 4. The molecule has 6 heterocycles. The minimum atomic E-state index is -4.78. The Morgan fingerprint density at radius 3 is 1.27 bits per heavy atom. The van der Waals surface area contributed by atoms with Crippen LogP contribution < -0.4 is 31.1 Å². The molecule has 0 atom stereocenters. The van der Waals surface area contributed by atoms with E-state index in [-0.39, 0.29) is 115 Å². The maximum absolute atomic E-state index is 13.4. The van der Waals surface area contributed by atoms with Crippen LogP contribution in [0.2, 0.25) is 0 Å².